The molecule has 2 N–H and O–H groups in total. The number of carbonyl (C=O) groups is 2. The van der Waals surface area contributed by atoms with Crippen molar-refractivity contribution in [3.8, 4) is 5.75 Å². The number of hydrogen-bond acceptors (Lipinski definition) is 5. The molecule has 0 heterocycles. The first-order valence-corrected chi connectivity index (χ1v) is 10.2. The van der Waals surface area contributed by atoms with E-state index in [0.717, 1.165) is 9.87 Å². The van der Waals surface area contributed by atoms with Crippen molar-refractivity contribution < 1.29 is 22.7 Å². The van der Waals surface area contributed by atoms with Crippen molar-refractivity contribution in [2.24, 2.45) is 0 Å². The molecule has 0 aromatic heterocycles. The lowest BCUT2D eigenvalue weighted by molar-refractivity contribution is -0.117. The van der Waals surface area contributed by atoms with Crippen LogP contribution in [0.3, 0.4) is 0 Å². The summed E-state index contributed by atoms with van der Waals surface area (Å²) in [6, 6.07) is 12.8. The van der Waals surface area contributed by atoms with Crippen LogP contribution in [0.15, 0.2) is 59.5 Å². The summed E-state index contributed by atoms with van der Waals surface area (Å²) in [6.45, 7) is 2.36. The summed E-state index contributed by atoms with van der Waals surface area (Å²) < 4.78 is 30.9. The molecule has 2 aromatic rings. The van der Waals surface area contributed by atoms with Gasteiger partial charge in [0.2, 0.25) is 10.0 Å². The topological polar surface area (TPSA) is 105 Å². The number of nitrogens with one attached hydrogen (secondary N) is 2. The van der Waals surface area contributed by atoms with Crippen LogP contribution in [0.2, 0.25) is 0 Å². The zero-order valence-corrected chi connectivity index (χ0v) is 17.2. The van der Waals surface area contributed by atoms with Crippen molar-refractivity contribution in [2.75, 3.05) is 20.7 Å². The Bertz CT molecular complexity index is 1020. The second-order valence-corrected chi connectivity index (χ2v) is 8.21. The summed E-state index contributed by atoms with van der Waals surface area (Å²) in [4.78, 5) is 24.2. The van der Waals surface area contributed by atoms with Crippen LogP contribution in [0, 0.1) is 0 Å². The van der Waals surface area contributed by atoms with Gasteiger partial charge in [-0.3, -0.25) is 20.4 Å². The van der Waals surface area contributed by atoms with E-state index in [4.69, 9.17) is 4.74 Å². The van der Waals surface area contributed by atoms with Gasteiger partial charge in [0, 0.05) is 31.3 Å². The second-order valence-electron chi connectivity index (χ2n) is 6.06. The normalized spacial score (nSPS) is 11.4. The Hall–Kier alpha value is -3.17. The molecule has 0 aliphatic rings. The van der Waals surface area contributed by atoms with Gasteiger partial charge in [0.1, 0.15) is 5.75 Å². The maximum absolute atomic E-state index is 12.2. The Morgan fingerprint density at radius 3 is 2.48 bits per heavy atom. The van der Waals surface area contributed by atoms with Gasteiger partial charge in [0.05, 0.1) is 11.5 Å². The van der Waals surface area contributed by atoms with E-state index in [1.807, 2.05) is 19.1 Å². The zero-order chi connectivity index (χ0) is 21.4. The summed E-state index contributed by atoms with van der Waals surface area (Å²) in [5.41, 5.74) is 5.33. The van der Waals surface area contributed by atoms with Crippen LogP contribution < -0.4 is 15.6 Å². The lowest BCUT2D eigenvalue weighted by Crippen LogP contribution is -2.40. The van der Waals surface area contributed by atoms with Crippen molar-refractivity contribution in [1.29, 1.82) is 0 Å². The molecule has 0 spiro atoms. The molecule has 0 bridgehead atoms. The molecular weight excluding hydrogens is 394 g/mol. The predicted octanol–water partition coefficient (Wildman–Crippen LogP) is 1.81. The second kappa shape index (κ2) is 9.85. The highest BCUT2D eigenvalue weighted by Crippen LogP contribution is 2.19. The quantitative estimate of drug-likeness (QED) is 0.528. The molecule has 0 aliphatic heterocycles. The molecule has 0 unspecified atom stereocenters. The number of hydrazine groups is 1. The molecule has 2 rings (SSSR count). The molecule has 0 saturated carbocycles. The van der Waals surface area contributed by atoms with E-state index >= 15 is 0 Å². The average molecular weight is 417 g/mol. The lowest BCUT2D eigenvalue weighted by atomic mass is 10.2. The average Bonchev–Trinajstić information content (AvgIpc) is 2.71. The molecule has 0 atom stereocenters. The van der Waals surface area contributed by atoms with Gasteiger partial charge in [-0.1, -0.05) is 24.3 Å². The fourth-order valence-corrected chi connectivity index (χ4v) is 3.26. The number of amides is 2. The maximum atomic E-state index is 12.2. The summed E-state index contributed by atoms with van der Waals surface area (Å²) in [6.07, 6.45) is 2.82. The van der Waals surface area contributed by atoms with E-state index in [1.54, 1.807) is 18.2 Å². The Kier molecular flexibility index (Phi) is 7.52. The first kappa shape index (κ1) is 22.1. The van der Waals surface area contributed by atoms with Gasteiger partial charge in [-0.2, -0.15) is 0 Å². The number of rotatable bonds is 7. The summed E-state index contributed by atoms with van der Waals surface area (Å²) in [5.74, 6) is -0.555. The minimum absolute atomic E-state index is 0.0195. The van der Waals surface area contributed by atoms with E-state index in [-0.39, 0.29) is 10.5 Å². The molecule has 0 radical (unpaired) electrons. The Morgan fingerprint density at radius 2 is 1.79 bits per heavy atom. The number of para-hydroxylation sites is 1. The van der Waals surface area contributed by atoms with Gasteiger partial charge in [-0.05, 0) is 37.3 Å². The van der Waals surface area contributed by atoms with Crippen LogP contribution in [0.25, 0.3) is 6.08 Å². The molecule has 154 valence electrons. The Labute approximate surface area is 170 Å². The third kappa shape index (κ3) is 5.90. The van der Waals surface area contributed by atoms with Crippen LogP contribution in [0.1, 0.15) is 22.8 Å². The Morgan fingerprint density at radius 1 is 1.07 bits per heavy atom. The number of nitrogens with zero attached hydrogens (tertiary/aromatic N) is 1. The lowest BCUT2D eigenvalue weighted by Gasteiger charge is -2.12. The van der Waals surface area contributed by atoms with Crippen LogP contribution >= 0.6 is 0 Å². The van der Waals surface area contributed by atoms with Gasteiger partial charge in [0.25, 0.3) is 11.8 Å². The standard InChI is InChI=1S/C20H23N3O5S/c1-4-28-18-11-6-5-8-15(18)12-13-19(24)21-22-20(25)16-9-7-10-17(14-16)29(26,27)23(2)3/h5-14H,4H2,1-3H3,(H,21,24)(H,22,25)/b13-12+. The number of sulfonamides is 1. The van der Waals surface area contributed by atoms with E-state index < -0.39 is 21.8 Å². The van der Waals surface area contributed by atoms with Gasteiger partial charge in [-0.15, -0.1) is 0 Å². The number of benzene rings is 2. The molecule has 0 saturated heterocycles. The van der Waals surface area contributed by atoms with Crippen molar-refractivity contribution in [2.45, 2.75) is 11.8 Å². The van der Waals surface area contributed by atoms with Gasteiger partial charge in [0.15, 0.2) is 0 Å². The molecule has 29 heavy (non-hydrogen) atoms. The summed E-state index contributed by atoms with van der Waals surface area (Å²) in [5, 5.41) is 0. The minimum atomic E-state index is -3.67. The van der Waals surface area contributed by atoms with Crippen molar-refractivity contribution in [1.82, 2.24) is 15.2 Å². The molecule has 0 fully saturated rings. The smallest absolute Gasteiger partial charge is 0.269 e. The highest BCUT2D eigenvalue weighted by atomic mass is 32.2. The first-order chi connectivity index (χ1) is 13.8. The summed E-state index contributed by atoms with van der Waals surface area (Å²) >= 11 is 0. The highest BCUT2D eigenvalue weighted by Gasteiger charge is 2.18. The van der Waals surface area contributed by atoms with Crippen LogP contribution in [-0.2, 0) is 14.8 Å². The van der Waals surface area contributed by atoms with Crippen LogP contribution in [0.4, 0.5) is 0 Å². The largest absolute Gasteiger partial charge is 0.493 e. The van der Waals surface area contributed by atoms with E-state index in [1.165, 1.54) is 44.4 Å². The molecule has 9 heteroatoms. The molecule has 2 amide bonds. The van der Waals surface area contributed by atoms with Crippen molar-refractivity contribution >= 4 is 27.9 Å². The maximum Gasteiger partial charge on any atom is 0.269 e. The van der Waals surface area contributed by atoms with Crippen molar-refractivity contribution in [3.63, 3.8) is 0 Å². The van der Waals surface area contributed by atoms with Crippen LogP contribution in [-0.4, -0.2) is 45.2 Å². The van der Waals surface area contributed by atoms with Crippen LogP contribution in [0.5, 0.6) is 5.75 Å². The third-order valence-corrected chi connectivity index (χ3v) is 5.62. The summed E-state index contributed by atoms with van der Waals surface area (Å²) in [7, 11) is -0.867. The molecule has 2 aromatic carbocycles. The van der Waals surface area contributed by atoms with E-state index in [0.29, 0.717) is 12.4 Å². The molecule has 0 aliphatic carbocycles. The zero-order valence-electron chi connectivity index (χ0n) is 16.4. The third-order valence-electron chi connectivity index (χ3n) is 3.81. The van der Waals surface area contributed by atoms with Gasteiger partial charge < -0.3 is 4.74 Å². The van der Waals surface area contributed by atoms with E-state index in [2.05, 4.69) is 10.9 Å². The predicted molar refractivity (Wildman–Crippen MR) is 110 cm³/mol. The number of ether oxygens (including phenoxy) is 1. The monoisotopic (exact) mass is 417 g/mol. The minimum Gasteiger partial charge on any atom is -0.493 e. The molecule has 8 nitrogen and oxygen atoms in total. The van der Waals surface area contributed by atoms with Gasteiger partial charge in [-0.25, -0.2) is 12.7 Å². The van der Waals surface area contributed by atoms with Crippen molar-refractivity contribution in [3.05, 3.63) is 65.7 Å². The Balaban J connectivity index is 2.02. The SMILES string of the molecule is CCOc1ccccc1/C=C/C(=O)NNC(=O)c1cccc(S(=O)(=O)N(C)C)c1. The fraction of sp³-hybridized carbons (Fsp3) is 0.200. The van der Waals surface area contributed by atoms with Gasteiger partial charge >= 0.3 is 0 Å². The fourth-order valence-electron chi connectivity index (χ4n) is 2.31. The van der Waals surface area contributed by atoms with E-state index in [9.17, 15) is 18.0 Å². The molecular formula is C20H23N3O5S. The number of carbonyl (C=O) groups excluding carboxylic acids is 2. The number of hydrogen-bond donors (Lipinski definition) is 2. The first-order valence-electron chi connectivity index (χ1n) is 8.78. The highest BCUT2D eigenvalue weighted by molar-refractivity contribution is 7.89.